The molecular weight excluding hydrogens is 448 g/mol. The maximum atomic E-state index is 12.3. The van der Waals surface area contributed by atoms with Crippen LogP contribution in [0.15, 0.2) is 36.8 Å². The lowest BCUT2D eigenvalue weighted by Crippen LogP contribution is -2.50. The van der Waals surface area contributed by atoms with Crippen LogP contribution in [0, 0.1) is 11.3 Å². The fraction of sp³-hybridized carbons (Fsp3) is 0.440. The third kappa shape index (κ3) is 5.63. The Kier molecular flexibility index (Phi) is 6.80. The second-order valence-electron chi connectivity index (χ2n) is 9.57. The van der Waals surface area contributed by atoms with Gasteiger partial charge in [0.2, 0.25) is 0 Å². The summed E-state index contributed by atoms with van der Waals surface area (Å²) in [6, 6.07) is 7.89. The van der Waals surface area contributed by atoms with E-state index in [9.17, 15) is 15.2 Å². The zero-order valence-electron chi connectivity index (χ0n) is 20.4. The normalized spacial score (nSPS) is 15.1. The molecule has 1 fully saturated rings. The quantitative estimate of drug-likeness (QED) is 0.595. The molecule has 0 saturated carbocycles. The van der Waals surface area contributed by atoms with Gasteiger partial charge in [0.25, 0.3) is 0 Å². The van der Waals surface area contributed by atoms with Gasteiger partial charge in [-0.3, -0.25) is 0 Å². The summed E-state index contributed by atoms with van der Waals surface area (Å²) in [7, 11) is 0. The number of piperazine rings is 1. The molecule has 1 N–H and O–H groups in total. The number of anilines is 1. The molecule has 0 bridgehead atoms. The van der Waals surface area contributed by atoms with Gasteiger partial charge in [0.15, 0.2) is 0 Å². The highest BCUT2D eigenvalue weighted by atomic mass is 16.6. The van der Waals surface area contributed by atoms with Gasteiger partial charge in [-0.2, -0.15) is 10.4 Å². The summed E-state index contributed by atoms with van der Waals surface area (Å²) in [4.78, 5) is 20.8. The maximum absolute atomic E-state index is 12.3. The summed E-state index contributed by atoms with van der Waals surface area (Å²) < 4.78 is 12.8. The molecule has 4 rings (SSSR count). The van der Waals surface area contributed by atoms with Crippen molar-refractivity contribution < 1.29 is 19.4 Å². The highest BCUT2D eigenvalue weighted by Crippen LogP contribution is 2.31. The van der Waals surface area contributed by atoms with Crippen molar-refractivity contribution in [1.82, 2.24) is 19.5 Å². The molecule has 1 saturated heterocycles. The summed E-state index contributed by atoms with van der Waals surface area (Å²) in [5.74, 6) is 1.34. The van der Waals surface area contributed by atoms with Gasteiger partial charge in [0, 0.05) is 43.5 Å². The highest BCUT2D eigenvalue weighted by Gasteiger charge is 2.26. The second kappa shape index (κ2) is 9.80. The van der Waals surface area contributed by atoms with Crippen molar-refractivity contribution in [3.63, 3.8) is 0 Å². The van der Waals surface area contributed by atoms with Crippen molar-refractivity contribution in [3.05, 3.63) is 42.4 Å². The van der Waals surface area contributed by atoms with Gasteiger partial charge < -0.3 is 24.4 Å². The molecule has 0 aliphatic carbocycles. The Bertz CT molecular complexity index is 1230. The first-order valence-corrected chi connectivity index (χ1v) is 11.6. The van der Waals surface area contributed by atoms with Crippen LogP contribution in [0.1, 0.15) is 33.3 Å². The first-order valence-electron chi connectivity index (χ1n) is 11.6. The number of hydrogen-bond acceptors (Lipinski definition) is 8. The van der Waals surface area contributed by atoms with Gasteiger partial charge in [-0.05, 0) is 45.9 Å². The monoisotopic (exact) mass is 478 g/mol. The van der Waals surface area contributed by atoms with Crippen molar-refractivity contribution in [2.24, 2.45) is 0 Å². The Morgan fingerprint density at radius 1 is 1.23 bits per heavy atom. The fourth-order valence-electron chi connectivity index (χ4n) is 3.87. The van der Waals surface area contributed by atoms with E-state index in [1.165, 1.54) is 6.20 Å². The number of aliphatic hydroxyl groups is 1. The lowest BCUT2D eigenvalue weighted by molar-refractivity contribution is 0.0240. The number of aromatic nitrogens is 3. The molecule has 10 nitrogen and oxygen atoms in total. The smallest absolute Gasteiger partial charge is 0.410 e. The molecule has 1 unspecified atom stereocenters. The van der Waals surface area contributed by atoms with Gasteiger partial charge in [-0.15, -0.1) is 0 Å². The average molecular weight is 479 g/mol. The molecule has 1 aliphatic heterocycles. The third-order valence-corrected chi connectivity index (χ3v) is 5.51. The van der Waals surface area contributed by atoms with E-state index in [0.717, 1.165) is 16.9 Å². The SMILES string of the molecule is CC(O)COc1cc(-c2ccc(N3CCN(C(=O)OC(C)(C)C)CC3)nc2)c2c(C#N)cnn2c1. The van der Waals surface area contributed by atoms with Crippen molar-refractivity contribution >= 4 is 17.4 Å². The highest BCUT2D eigenvalue weighted by molar-refractivity contribution is 5.85. The van der Waals surface area contributed by atoms with E-state index in [-0.39, 0.29) is 12.7 Å². The number of nitrogens with zero attached hydrogens (tertiary/aromatic N) is 6. The third-order valence-electron chi connectivity index (χ3n) is 5.51. The molecule has 184 valence electrons. The minimum absolute atomic E-state index is 0.143. The summed E-state index contributed by atoms with van der Waals surface area (Å²) >= 11 is 0. The lowest BCUT2D eigenvalue weighted by atomic mass is 10.1. The predicted molar refractivity (Wildman–Crippen MR) is 130 cm³/mol. The maximum Gasteiger partial charge on any atom is 0.410 e. The van der Waals surface area contributed by atoms with E-state index in [4.69, 9.17) is 9.47 Å². The zero-order valence-corrected chi connectivity index (χ0v) is 20.4. The van der Waals surface area contributed by atoms with Crippen LogP contribution in [0.25, 0.3) is 16.6 Å². The standard InChI is InChI=1S/C25H30N6O4/c1-17(32)16-34-20-11-21(23-19(12-26)14-28-31(23)15-20)18-5-6-22(27-13-18)29-7-9-30(10-8-29)24(33)35-25(2,3)4/h5-6,11,13-15,17,32H,7-10,16H2,1-4H3. The van der Waals surface area contributed by atoms with Crippen LogP contribution >= 0.6 is 0 Å². The number of hydrogen-bond donors (Lipinski definition) is 1. The average Bonchev–Trinajstić information content (AvgIpc) is 3.24. The predicted octanol–water partition coefficient (Wildman–Crippen LogP) is 3.08. The second-order valence-corrected chi connectivity index (χ2v) is 9.57. The molecule has 3 aromatic heterocycles. The molecular formula is C25H30N6O4. The van der Waals surface area contributed by atoms with Crippen LogP contribution in [-0.4, -0.2) is 75.2 Å². The first-order chi connectivity index (χ1) is 16.6. The first kappa shape index (κ1) is 24.3. The number of aliphatic hydroxyl groups excluding tert-OH is 1. The number of nitriles is 1. The molecule has 1 amide bonds. The van der Waals surface area contributed by atoms with E-state index < -0.39 is 11.7 Å². The Balaban J connectivity index is 1.53. The molecule has 10 heteroatoms. The molecule has 3 aromatic rings. The number of amides is 1. The number of pyridine rings is 2. The number of carbonyl (C=O) groups excluding carboxylic acids is 1. The Morgan fingerprint density at radius 3 is 2.57 bits per heavy atom. The van der Waals surface area contributed by atoms with Gasteiger partial charge in [-0.25, -0.2) is 14.3 Å². The van der Waals surface area contributed by atoms with Crippen LogP contribution in [0.4, 0.5) is 10.6 Å². The van der Waals surface area contributed by atoms with Crippen LogP contribution in [-0.2, 0) is 4.74 Å². The number of carbonyl (C=O) groups is 1. The molecule has 0 spiro atoms. The van der Waals surface area contributed by atoms with Crippen LogP contribution in [0.5, 0.6) is 5.75 Å². The number of fused-ring (bicyclic) bond motifs is 1. The van der Waals surface area contributed by atoms with Gasteiger partial charge in [0.1, 0.15) is 29.8 Å². The summed E-state index contributed by atoms with van der Waals surface area (Å²) in [5, 5.41) is 23.4. The lowest BCUT2D eigenvalue weighted by Gasteiger charge is -2.36. The van der Waals surface area contributed by atoms with E-state index in [1.54, 1.807) is 28.7 Å². The summed E-state index contributed by atoms with van der Waals surface area (Å²) in [5.41, 5.74) is 2.17. The van der Waals surface area contributed by atoms with Crippen LogP contribution < -0.4 is 9.64 Å². The van der Waals surface area contributed by atoms with Crippen molar-refractivity contribution in [2.75, 3.05) is 37.7 Å². The van der Waals surface area contributed by atoms with Crippen LogP contribution in [0.2, 0.25) is 0 Å². The fourth-order valence-corrected chi connectivity index (χ4v) is 3.87. The Hall–Kier alpha value is -3.84. The van der Waals surface area contributed by atoms with Gasteiger partial charge >= 0.3 is 6.09 Å². The van der Waals surface area contributed by atoms with E-state index >= 15 is 0 Å². The minimum atomic E-state index is -0.613. The van der Waals surface area contributed by atoms with Crippen molar-refractivity contribution in [1.29, 1.82) is 5.26 Å². The molecule has 4 heterocycles. The zero-order chi connectivity index (χ0) is 25.2. The summed E-state index contributed by atoms with van der Waals surface area (Å²) in [6.45, 7) is 9.79. The van der Waals surface area contributed by atoms with E-state index in [2.05, 4.69) is 21.1 Å². The van der Waals surface area contributed by atoms with E-state index in [1.807, 2.05) is 39.0 Å². The number of rotatable bonds is 5. The molecule has 35 heavy (non-hydrogen) atoms. The molecule has 0 aromatic carbocycles. The van der Waals surface area contributed by atoms with Crippen molar-refractivity contribution in [3.8, 4) is 22.9 Å². The molecule has 0 radical (unpaired) electrons. The molecule has 1 atom stereocenters. The van der Waals surface area contributed by atoms with Gasteiger partial charge in [-0.1, -0.05) is 0 Å². The Labute approximate surface area is 204 Å². The number of ether oxygens (including phenoxy) is 2. The minimum Gasteiger partial charge on any atom is -0.489 e. The largest absolute Gasteiger partial charge is 0.489 e. The van der Waals surface area contributed by atoms with Gasteiger partial charge in [0.05, 0.1) is 29.6 Å². The summed E-state index contributed by atoms with van der Waals surface area (Å²) in [6.07, 6.45) is 4.06. The van der Waals surface area contributed by atoms with Crippen LogP contribution in [0.3, 0.4) is 0 Å². The van der Waals surface area contributed by atoms with E-state index in [0.29, 0.717) is 43.0 Å². The Morgan fingerprint density at radius 2 is 1.97 bits per heavy atom. The topological polar surface area (TPSA) is 116 Å². The molecule has 1 aliphatic rings. The van der Waals surface area contributed by atoms with Crippen molar-refractivity contribution in [2.45, 2.75) is 39.4 Å².